The first-order valence-corrected chi connectivity index (χ1v) is 10.6. The minimum absolute atomic E-state index is 0.117. The van der Waals surface area contributed by atoms with E-state index in [1.807, 2.05) is 0 Å². The van der Waals surface area contributed by atoms with Gasteiger partial charge in [-0.05, 0) is 51.0 Å². The van der Waals surface area contributed by atoms with Gasteiger partial charge in [0, 0.05) is 24.0 Å². The van der Waals surface area contributed by atoms with E-state index in [-0.39, 0.29) is 23.3 Å². The van der Waals surface area contributed by atoms with Crippen LogP contribution in [-0.2, 0) is 9.59 Å². The Morgan fingerprint density at radius 2 is 1.06 bits per heavy atom. The molecular weight excluding hydrogens is 408 g/mol. The second-order valence-corrected chi connectivity index (χ2v) is 7.41. The molecule has 0 saturated carbocycles. The number of aromatic hydroxyl groups is 2. The number of phenolic OH excluding ortho intramolecular Hbond substituents is 2. The Kier molecular flexibility index (Phi) is 9.90. The van der Waals surface area contributed by atoms with Crippen molar-refractivity contribution in [3.8, 4) is 11.5 Å². The Morgan fingerprint density at radius 1 is 0.688 bits per heavy atom. The minimum Gasteiger partial charge on any atom is -0.507 e. The lowest BCUT2D eigenvalue weighted by molar-refractivity contribution is -0.122. The lowest BCUT2D eigenvalue weighted by atomic mass is 10.1. The number of rotatable bonds is 11. The molecule has 4 N–H and O–H groups in total. The molecule has 0 radical (unpaired) electrons. The summed E-state index contributed by atoms with van der Waals surface area (Å²) in [6.07, 6.45) is 3.72. The van der Waals surface area contributed by atoms with Crippen molar-refractivity contribution < 1.29 is 19.8 Å². The van der Waals surface area contributed by atoms with E-state index in [1.54, 1.807) is 62.4 Å². The van der Waals surface area contributed by atoms with Gasteiger partial charge in [-0.25, -0.2) is 10.9 Å². The number of benzene rings is 2. The van der Waals surface area contributed by atoms with Crippen molar-refractivity contribution in [3.05, 3.63) is 59.7 Å². The molecule has 2 aromatic rings. The number of hydrazone groups is 2. The molecule has 8 heteroatoms. The Labute approximate surface area is 188 Å². The average molecular weight is 439 g/mol. The van der Waals surface area contributed by atoms with Gasteiger partial charge in [-0.1, -0.05) is 37.1 Å². The van der Waals surface area contributed by atoms with Crippen LogP contribution in [0.1, 0.15) is 63.5 Å². The fourth-order valence-electron chi connectivity index (χ4n) is 3.01. The first-order valence-electron chi connectivity index (χ1n) is 10.6. The largest absolute Gasteiger partial charge is 0.507 e. The van der Waals surface area contributed by atoms with Crippen LogP contribution in [0.25, 0.3) is 0 Å². The summed E-state index contributed by atoms with van der Waals surface area (Å²) < 4.78 is 0. The van der Waals surface area contributed by atoms with Crippen molar-refractivity contribution in [2.45, 2.75) is 52.4 Å². The smallest absolute Gasteiger partial charge is 0.240 e. The number of hydrogen-bond acceptors (Lipinski definition) is 6. The van der Waals surface area contributed by atoms with Gasteiger partial charge in [-0.2, -0.15) is 10.2 Å². The molecule has 2 amide bonds. The zero-order chi connectivity index (χ0) is 23.3. The van der Waals surface area contributed by atoms with Crippen molar-refractivity contribution >= 4 is 23.2 Å². The molecule has 0 bridgehead atoms. The Balaban J connectivity index is 1.60. The summed E-state index contributed by atoms with van der Waals surface area (Å²) in [7, 11) is 0. The number of amides is 2. The van der Waals surface area contributed by atoms with E-state index in [9.17, 15) is 19.8 Å². The number of para-hydroxylation sites is 2. The fourth-order valence-corrected chi connectivity index (χ4v) is 3.01. The van der Waals surface area contributed by atoms with E-state index in [0.29, 0.717) is 48.2 Å². The Bertz CT molecular complexity index is 906. The molecule has 0 aliphatic carbocycles. The quantitative estimate of drug-likeness (QED) is 0.242. The average Bonchev–Trinajstić information content (AvgIpc) is 2.78. The molecule has 0 aliphatic rings. The molecule has 2 aromatic carbocycles. The molecule has 32 heavy (non-hydrogen) atoms. The third-order valence-corrected chi connectivity index (χ3v) is 4.84. The highest BCUT2D eigenvalue weighted by Crippen LogP contribution is 2.17. The second-order valence-electron chi connectivity index (χ2n) is 7.41. The number of nitrogens with one attached hydrogen (secondary N) is 2. The molecule has 0 heterocycles. The summed E-state index contributed by atoms with van der Waals surface area (Å²) in [6, 6.07) is 13.6. The first-order chi connectivity index (χ1) is 15.4. The summed E-state index contributed by atoms with van der Waals surface area (Å²) in [5, 5.41) is 27.7. The van der Waals surface area contributed by atoms with Gasteiger partial charge in [0.2, 0.25) is 11.8 Å². The SMILES string of the molecule is C/C(=N\NC(=O)CCCCCCC(=O)N/N=C(\C)c1ccccc1O)c1ccccc1O. The van der Waals surface area contributed by atoms with Gasteiger partial charge in [-0.3, -0.25) is 9.59 Å². The number of carbonyl (C=O) groups is 2. The molecule has 0 spiro atoms. The Hall–Kier alpha value is -3.68. The van der Waals surface area contributed by atoms with Crippen LogP contribution in [0.3, 0.4) is 0 Å². The van der Waals surface area contributed by atoms with Gasteiger partial charge in [-0.15, -0.1) is 0 Å². The molecule has 8 nitrogen and oxygen atoms in total. The van der Waals surface area contributed by atoms with Gasteiger partial charge >= 0.3 is 0 Å². The van der Waals surface area contributed by atoms with Crippen LogP contribution in [0, 0.1) is 0 Å². The van der Waals surface area contributed by atoms with Gasteiger partial charge in [0.25, 0.3) is 0 Å². The van der Waals surface area contributed by atoms with Gasteiger partial charge in [0.05, 0.1) is 11.4 Å². The van der Waals surface area contributed by atoms with E-state index in [2.05, 4.69) is 21.1 Å². The maximum Gasteiger partial charge on any atom is 0.240 e. The van der Waals surface area contributed by atoms with Crippen molar-refractivity contribution in [1.82, 2.24) is 10.9 Å². The third kappa shape index (κ3) is 8.22. The minimum atomic E-state index is -0.188. The van der Waals surface area contributed by atoms with E-state index in [4.69, 9.17) is 0 Å². The second kappa shape index (κ2) is 12.9. The van der Waals surface area contributed by atoms with E-state index < -0.39 is 0 Å². The summed E-state index contributed by atoms with van der Waals surface area (Å²) in [4.78, 5) is 23.8. The molecular formula is C24H30N4O4. The third-order valence-electron chi connectivity index (χ3n) is 4.84. The highest BCUT2D eigenvalue weighted by atomic mass is 16.3. The van der Waals surface area contributed by atoms with Gasteiger partial charge in [0.1, 0.15) is 11.5 Å². The summed E-state index contributed by atoms with van der Waals surface area (Å²) in [5.74, 6) is -0.143. The van der Waals surface area contributed by atoms with Crippen LogP contribution in [0.5, 0.6) is 11.5 Å². The van der Waals surface area contributed by atoms with Crippen molar-refractivity contribution in [2.75, 3.05) is 0 Å². The number of unbranched alkanes of at least 4 members (excludes halogenated alkanes) is 3. The topological polar surface area (TPSA) is 123 Å². The van der Waals surface area contributed by atoms with Crippen molar-refractivity contribution in [2.24, 2.45) is 10.2 Å². The van der Waals surface area contributed by atoms with Gasteiger partial charge < -0.3 is 10.2 Å². The molecule has 0 unspecified atom stereocenters. The predicted octanol–water partition coefficient (Wildman–Crippen LogP) is 3.82. The normalized spacial score (nSPS) is 11.8. The monoisotopic (exact) mass is 438 g/mol. The van der Waals surface area contributed by atoms with Crippen LogP contribution in [0.15, 0.2) is 58.7 Å². The van der Waals surface area contributed by atoms with Crippen molar-refractivity contribution in [1.29, 1.82) is 0 Å². The first kappa shape index (κ1) is 24.6. The maximum atomic E-state index is 11.9. The number of phenols is 2. The summed E-state index contributed by atoms with van der Waals surface area (Å²) in [6.45, 7) is 3.43. The molecule has 0 fully saturated rings. The van der Waals surface area contributed by atoms with Crippen LogP contribution in [0.4, 0.5) is 0 Å². The molecule has 0 atom stereocenters. The van der Waals surface area contributed by atoms with E-state index >= 15 is 0 Å². The lowest BCUT2D eigenvalue weighted by Gasteiger charge is -2.05. The van der Waals surface area contributed by atoms with Crippen LogP contribution in [0.2, 0.25) is 0 Å². The molecule has 0 saturated heterocycles. The lowest BCUT2D eigenvalue weighted by Crippen LogP contribution is -2.19. The molecule has 2 rings (SSSR count). The van der Waals surface area contributed by atoms with E-state index in [1.165, 1.54) is 0 Å². The summed E-state index contributed by atoms with van der Waals surface area (Å²) >= 11 is 0. The Morgan fingerprint density at radius 3 is 1.44 bits per heavy atom. The standard InChI is InChI=1S/C24H30N4O4/c1-17(19-11-7-9-13-21(19)29)25-27-23(31)15-5-3-4-6-16-24(32)28-26-18(2)20-12-8-10-14-22(20)30/h7-14,29-30H,3-6,15-16H2,1-2H3,(H,27,31)(H,28,32)/b25-17+,26-18+. The highest BCUT2D eigenvalue weighted by molar-refractivity contribution is 6.02. The summed E-state index contributed by atoms with van der Waals surface area (Å²) in [5.41, 5.74) is 7.22. The van der Waals surface area contributed by atoms with Crippen LogP contribution < -0.4 is 10.9 Å². The molecule has 170 valence electrons. The molecule has 0 aliphatic heterocycles. The van der Waals surface area contributed by atoms with Gasteiger partial charge in [0.15, 0.2) is 0 Å². The van der Waals surface area contributed by atoms with Crippen LogP contribution >= 0.6 is 0 Å². The zero-order valence-corrected chi connectivity index (χ0v) is 18.5. The number of carbonyl (C=O) groups excluding carboxylic acids is 2. The molecule has 0 aromatic heterocycles. The zero-order valence-electron chi connectivity index (χ0n) is 18.5. The number of nitrogens with zero attached hydrogens (tertiary/aromatic N) is 2. The number of hydrogen-bond donors (Lipinski definition) is 4. The van der Waals surface area contributed by atoms with Crippen LogP contribution in [-0.4, -0.2) is 33.5 Å². The van der Waals surface area contributed by atoms with Crippen molar-refractivity contribution in [3.63, 3.8) is 0 Å². The predicted molar refractivity (Wildman–Crippen MR) is 125 cm³/mol. The van der Waals surface area contributed by atoms with E-state index in [0.717, 1.165) is 12.8 Å². The fraction of sp³-hybridized carbons (Fsp3) is 0.333. The maximum absolute atomic E-state index is 11.9. The highest BCUT2D eigenvalue weighted by Gasteiger charge is 2.06.